The maximum Gasteiger partial charge on any atom is 0.496 e. The molecule has 0 radical (unpaired) electrons. The fourth-order valence-electron chi connectivity index (χ4n) is 4.84. The van der Waals surface area contributed by atoms with Gasteiger partial charge < -0.3 is 9.31 Å². The summed E-state index contributed by atoms with van der Waals surface area (Å²) in [5.74, 6) is 0. The third-order valence-electron chi connectivity index (χ3n) is 7.62. The summed E-state index contributed by atoms with van der Waals surface area (Å²) in [4.78, 5) is 4.79. The molecule has 1 fully saturated rings. The number of aryl methyl sites for hydroxylation is 1. The Balaban J connectivity index is 1.59. The predicted octanol–water partition coefficient (Wildman–Crippen LogP) is 5.83. The average molecular weight is 405 g/mol. The van der Waals surface area contributed by atoms with E-state index < -0.39 is 0 Å². The van der Waals surface area contributed by atoms with Gasteiger partial charge in [0.2, 0.25) is 0 Å². The Hall–Kier alpha value is -1.65. The van der Waals surface area contributed by atoms with Gasteiger partial charge >= 0.3 is 7.12 Å². The van der Waals surface area contributed by atoms with E-state index in [1.807, 2.05) is 6.20 Å². The Bertz CT molecular complexity index is 890. The number of fused-ring (bicyclic) bond motifs is 1. The summed E-state index contributed by atoms with van der Waals surface area (Å²) in [5.41, 5.74) is 5.88. The van der Waals surface area contributed by atoms with Crippen molar-refractivity contribution in [3.63, 3.8) is 0 Å². The summed E-state index contributed by atoms with van der Waals surface area (Å²) >= 11 is 0. The van der Waals surface area contributed by atoms with E-state index in [-0.39, 0.29) is 18.3 Å². The summed E-state index contributed by atoms with van der Waals surface area (Å²) in [5, 5.41) is 0. The SMILES string of the molecule is CCCCC1(C)CCCc2ccc(-c3ccc(B4OC(C)(C)C(C)(C)O4)cn3)cc21. The normalized spacial score (nSPS) is 24.7. The highest BCUT2D eigenvalue weighted by Gasteiger charge is 2.51. The van der Waals surface area contributed by atoms with Gasteiger partial charge in [0, 0.05) is 17.2 Å². The van der Waals surface area contributed by atoms with Crippen molar-refractivity contribution < 1.29 is 9.31 Å². The molecule has 0 bridgehead atoms. The van der Waals surface area contributed by atoms with Crippen LogP contribution in [0.25, 0.3) is 11.3 Å². The highest BCUT2D eigenvalue weighted by Crippen LogP contribution is 2.42. The zero-order valence-corrected chi connectivity index (χ0v) is 19.5. The van der Waals surface area contributed by atoms with Crippen LogP contribution in [0.15, 0.2) is 36.5 Å². The maximum atomic E-state index is 6.17. The van der Waals surface area contributed by atoms with Crippen molar-refractivity contribution in [2.24, 2.45) is 0 Å². The molecule has 0 saturated carbocycles. The first kappa shape index (κ1) is 21.6. The number of aromatic nitrogens is 1. The fraction of sp³-hybridized carbons (Fsp3) is 0.577. The lowest BCUT2D eigenvalue weighted by Crippen LogP contribution is -2.41. The molecule has 2 aromatic rings. The van der Waals surface area contributed by atoms with E-state index in [1.165, 1.54) is 55.2 Å². The second kappa shape index (κ2) is 7.80. The summed E-state index contributed by atoms with van der Waals surface area (Å²) < 4.78 is 12.3. The molecule has 1 atom stereocenters. The quantitative estimate of drug-likeness (QED) is 0.587. The molecule has 1 saturated heterocycles. The Morgan fingerprint density at radius 3 is 2.37 bits per heavy atom. The lowest BCUT2D eigenvalue weighted by atomic mass is 9.68. The molecule has 0 amide bonds. The van der Waals surface area contributed by atoms with Crippen LogP contribution in [0.1, 0.15) is 84.8 Å². The van der Waals surface area contributed by atoms with Crippen LogP contribution in [0.4, 0.5) is 0 Å². The van der Waals surface area contributed by atoms with E-state index in [2.05, 4.69) is 71.9 Å². The van der Waals surface area contributed by atoms with E-state index in [9.17, 15) is 0 Å². The number of pyridine rings is 1. The van der Waals surface area contributed by atoms with Crippen LogP contribution in [0, 0.1) is 0 Å². The molecule has 160 valence electrons. The van der Waals surface area contributed by atoms with Crippen LogP contribution < -0.4 is 5.46 Å². The molecule has 2 aliphatic rings. The van der Waals surface area contributed by atoms with Crippen LogP contribution in [0.3, 0.4) is 0 Å². The molecule has 0 N–H and O–H groups in total. The molecule has 4 rings (SSSR count). The highest BCUT2D eigenvalue weighted by molar-refractivity contribution is 6.62. The Morgan fingerprint density at radius 2 is 1.73 bits per heavy atom. The lowest BCUT2D eigenvalue weighted by molar-refractivity contribution is 0.00578. The first-order valence-corrected chi connectivity index (χ1v) is 11.6. The van der Waals surface area contributed by atoms with Crippen LogP contribution in [-0.2, 0) is 21.1 Å². The molecule has 4 heteroatoms. The predicted molar refractivity (Wildman–Crippen MR) is 125 cm³/mol. The van der Waals surface area contributed by atoms with Gasteiger partial charge in [-0.25, -0.2) is 0 Å². The van der Waals surface area contributed by atoms with Crippen molar-refractivity contribution >= 4 is 12.6 Å². The first-order valence-electron chi connectivity index (χ1n) is 11.6. The van der Waals surface area contributed by atoms with Crippen molar-refractivity contribution in [2.45, 2.75) is 96.7 Å². The zero-order chi connectivity index (χ0) is 21.6. The molecule has 0 spiro atoms. The van der Waals surface area contributed by atoms with E-state index >= 15 is 0 Å². The van der Waals surface area contributed by atoms with Gasteiger partial charge in [-0.3, -0.25) is 4.98 Å². The third kappa shape index (κ3) is 3.85. The topological polar surface area (TPSA) is 31.4 Å². The number of hydrogen-bond acceptors (Lipinski definition) is 3. The van der Waals surface area contributed by atoms with E-state index in [0.29, 0.717) is 5.41 Å². The van der Waals surface area contributed by atoms with E-state index in [1.54, 1.807) is 0 Å². The summed E-state index contributed by atoms with van der Waals surface area (Å²) in [7, 11) is -0.364. The Labute approximate surface area is 182 Å². The van der Waals surface area contributed by atoms with Crippen molar-refractivity contribution in [3.05, 3.63) is 47.7 Å². The molecule has 1 aromatic carbocycles. The van der Waals surface area contributed by atoms with Crippen LogP contribution in [0.5, 0.6) is 0 Å². The maximum absolute atomic E-state index is 6.17. The summed E-state index contributed by atoms with van der Waals surface area (Å²) in [6, 6.07) is 11.2. The molecule has 2 heterocycles. The zero-order valence-electron chi connectivity index (χ0n) is 19.5. The highest BCUT2D eigenvalue weighted by atomic mass is 16.7. The van der Waals surface area contributed by atoms with Crippen LogP contribution >= 0.6 is 0 Å². The lowest BCUT2D eigenvalue weighted by Gasteiger charge is -2.36. The second-order valence-corrected chi connectivity index (χ2v) is 10.5. The smallest absolute Gasteiger partial charge is 0.399 e. The molecule has 1 aliphatic heterocycles. The van der Waals surface area contributed by atoms with Gasteiger partial charge in [0.1, 0.15) is 0 Å². The number of nitrogens with zero attached hydrogens (tertiary/aromatic N) is 1. The average Bonchev–Trinajstić information content (AvgIpc) is 2.94. The van der Waals surface area contributed by atoms with Gasteiger partial charge in [-0.1, -0.05) is 44.9 Å². The minimum Gasteiger partial charge on any atom is -0.399 e. The Kier molecular flexibility index (Phi) is 5.61. The first-order chi connectivity index (χ1) is 14.2. The molecule has 3 nitrogen and oxygen atoms in total. The summed E-state index contributed by atoms with van der Waals surface area (Å²) in [6.07, 6.45) is 9.52. The molecular weight excluding hydrogens is 369 g/mol. The number of rotatable bonds is 5. The van der Waals surface area contributed by atoms with Gasteiger partial charge in [-0.05, 0) is 82.1 Å². The Morgan fingerprint density at radius 1 is 1.00 bits per heavy atom. The van der Waals surface area contributed by atoms with Gasteiger partial charge in [-0.2, -0.15) is 0 Å². The van der Waals surface area contributed by atoms with Gasteiger partial charge in [0.05, 0.1) is 16.9 Å². The van der Waals surface area contributed by atoms with Crippen LogP contribution in [-0.4, -0.2) is 23.3 Å². The number of hydrogen-bond donors (Lipinski definition) is 0. The number of benzene rings is 1. The molecule has 1 aromatic heterocycles. The van der Waals surface area contributed by atoms with Crippen LogP contribution in [0.2, 0.25) is 0 Å². The van der Waals surface area contributed by atoms with Crippen molar-refractivity contribution in [1.82, 2.24) is 4.98 Å². The monoisotopic (exact) mass is 405 g/mol. The standard InChI is InChI=1S/C26H36BNO2/c1-7-8-15-26(6)16-9-10-19-11-12-20(17-22(19)26)23-14-13-21(18-28-23)27-29-24(2,3)25(4,5)30-27/h11-14,17-18H,7-10,15-16H2,1-6H3. The molecular formula is C26H36BNO2. The summed E-state index contributed by atoms with van der Waals surface area (Å²) in [6.45, 7) is 13.1. The van der Waals surface area contributed by atoms with Crippen molar-refractivity contribution in [1.29, 1.82) is 0 Å². The van der Waals surface area contributed by atoms with E-state index in [4.69, 9.17) is 14.3 Å². The van der Waals surface area contributed by atoms with Gasteiger partial charge in [0.15, 0.2) is 0 Å². The minimum absolute atomic E-state index is 0.294. The number of unbranched alkanes of at least 4 members (excludes halogenated alkanes) is 1. The fourth-order valence-corrected chi connectivity index (χ4v) is 4.84. The van der Waals surface area contributed by atoms with Crippen molar-refractivity contribution in [3.8, 4) is 11.3 Å². The van der Waals surface area contributed by atoms with E-state index in [0.717, 1.165) is 11.2 Å². The minimum atomic E-state index is -0.364. The molecule has 1 unspecified atom stereocenters. The molecule has 30 heavy (non-hydrogen) atoms. The largest absolute Gasteiger partial charge is 0.496 e. The van der Waals surface area contributed by atoms with Gasteiger partial charge in [-0.15, -0.1) is 0 Å². The third-order valence-corrected chi connectivity index (χ3v) is 7.62. The molecule has 1 aliphatic carbocycles. The second-order valence-electron chi connectivity index (χ2n) is 10.5. The van der Waals surface area contributed by atoms with Crippen molar-refractivity contribution in [2.75, 3.05) is 0 Å². The van der Waals surface area contributed by atoms with Gasteiger partial charge in [0.25, 0.3) is 0 Å².